The van der Waals surface area contributed by atoms with Crippen molar-refractivity contribution in [1.29, 1.82) is 0 Å². The highest BCUT2D eigenvalue weighted by Gasteiger charge is 2.28. The molecule has 0 atom stereocenters. The molecule has 2 heterocycles. The Bertz CT molecular complexity index is 1310. The Morgan fingerprint density at radius 1 is 1.06 bits per heavy atom. The molecule has 160 valence electrons. The molecule has 0 radical (unpaired) electrons. The van der Waals surface area contributed by atoms with E-state index in [0.717, 1.165) is 16.7 Å². The molecule has 8 heteroatoms. The van der Waals surface area contributed by atoms with Crippen LogP contribution in [0.2, 0.25) is 0 Å². The van der Waals surface area contributed by atoms with Crippen molar-refractivity contribution in [1.82, 2.24) is 10.1 Å². The number of thiophene rings is 1. The van der Waals surface area contributed by atoms with Crippen LogP contribution in [0.3, 0.4) is 0 Å². The summed E-state index contributed by atoms with van der Waals surface area (Å²) in [5, 5.41) is 5.76. The maximum Gasteiger partial charge on any atom is 0.269 e. The van der Waals surface area contributed by atoms with Crippen LogP contribution in [0.1, 0.15) is 30.9 Å². The fraction of sp³-hybridized carbons (Fsp3) is 0.217. The van der Waals surface area contributed by atoms with Crippen molar-refractivity contribution >= 4 is 27.0 Å². The molecule has 2 aromatic carbocycles. The zero-order valence-electron chi connectivity index (χ0n) is 17.7. The van der Waals surface area contributed by atoms with Crippen molar-refractivity contribution in [2.75, 3.05) is 11.4 Å². The molecule has 0 bridgehead atoms. The summed E-state index contributed by atoms with van der Waals surface area (Å²) in [5.74, 6) is 0.987. The van der Waals surface area contributed by atoms with Crippen LogP contribution in [0.25, 0.3) is 22.2 Å². The second-order valence-corrected chi connectivity index (χ2v) is 10.5. The molecule has 2 aromatic heterocycles. The second kappa shape index (κ2) is 8.28. The highest BCUT2D eigenvalue weighted by atomic mass is 32.2. The van der Waals surface area contributed by atoms with Gasteiger partial charge >= 0.3 is 0 Å². The number of rotatable bonds is 6. The van der Waals surface area contributed by atoms with Crippen molar-refractivity contribution in [2.24, 2.45) is 0 Å². The van der Waals surface area contributed by atoms with Gasteiger partial charge in [-0.3, -0.25) is 4.31 Å². The number of hydrogen-bond acceptors (Lipinski definition) is 6. The zero-order chi connectivity index (χ0) is 22.2. The van der Waals surface area contributed by atoms with Gasteiger partial charge < -0.3 is 4.52 Å². The van der Waals surface area contributed by atoms with Gasteiger partial charge in [-0.2, -0.15) is 4.98 Å². The van der Waals surface area contributed by atoms with Crippen LogP contribution in [0, 0.1) is 6.92 Å². The summed E-state index contributed by atoms with van der Waals surface area (Å²) in [6, 6.07) is 16.9. The van der Waals surface area contributed by atoms with Crippen LogP contribution >= 0.6 is 11.3 Å². The highest BCUT2D eigenvalue weighted by Crippen LogP contribution is 2.35. The minimum Gasteiger partial charge on any atom is -0.333 e. The van der Waals surface area contributed by atoms with Crippen molar-refractivity contribution < 1.29 is 12.9 Å². The predicted octanol–water partition coefficient (Wildman–Crippen LogP) is 5.72. The number of hydrogen-bond donors (Lipinski definition) is 0. The first-order chi connectivity index (χ1) is 14.8. The molecule has 0 aliphatic carbocycles. The van der Waals surface area contributed by atoms with Gasteiger partial charge in [0, 0.05) is 12.6 Å². The van der Waals surface area contributed by atoms with E-state index in [1.165, 1.54) is 15.6 Å². The molecule has 0 amide bonds. The van der Waals surface area contributed by atoms with Crippen LogP contribution in [-0.2, 0) is 10.0 Å². The molecule has 4 rings (SSSR count). The van der Waals surface area contributed by atoms with Gasteiger partial charge in [0.1, 0.15) is 9.77 Å². The summed E-state index contributed by atoms with van der Waals surface area (Å²) in [6.07, 6.45) is 0. The fourth-order valence-corrected chi connectivity index (χ4v) is 5.74. The summed E-state index contributed by atoms with van der Waals surface area (Å²) >= 11 is 1.26. The highest BCUT2D eigenvalue weighted by molar-refractivity contribution is 7.93. The summed E-state index contributed by atoms with van der Waals surface area (Å²) in [4.78, 5) is 5.02. The second-order valence-electron chi connectivity index (χ2n) is 7.63. The lowest BCUT2D eigenvalue weighted by Crippen LogP contribution is -2.26. The van der Waals surface area contributed by atoms with Gasteiger partial charge in [0.25, 0.3) is 15.9 Å². The average Bonchev–Trinajstić information content (AvgIpc) is 3.43. The van der Waals surface area contributed by atoms with E-state index >= 15 is 0 Å². The number of nitrogens with zero attached hydrogens (tertiary/aromatic N) is 3. The molecular formula is C23H23N3O3S2. The summed E-state index contributed by atoms with van der Waals surface area (Å²) in [7, 11) is -2.26. The van der Waals surface area contributed by atoms with Crippen LogP contribution in [0.15, 0.2) is 69.4 Å². The number of anilines is 1. The maximum atomic E-state index is 13.4. The van der Waals surface area contributed by atoms with Gasteiger partial charge in [-0.15, -0.1) is 11.3 Å². The Kier molecular flexibility index (Phi) is 5.68. The monoisotopic (exact) mass is 453 g/mol. The SMILES string of the molecule is Cc1cccc(-c2noc(-c3sccc3S(=O)(=O)N(C)c3ccc(C(C)C)cc3)n2)c1. The molecule has 31 heavy (non-hydrogen) atoms. The average molecular weight is 454 g/mol. The van der Waals surface area contributed by atoms with Gasteiger partial charge in [0.2, 0.25) is 5.82 Å². The lowest BCUT2D eigenvalue weighted by Gasteiger charge is -2.20. The first-order valence-electron chi connectivity index (χ1n) is 9.85. The molecule has 0 N–H and O–H groups in total. The normalized spacial score (nSPS) is 11.8. The first-order valence-corrected chi connectivity index (χ1v) is 12.2. The van der Waals surface area contributed by atoms with Crippen LogP contribution in [0.4, 0.5) is 5.69 Å². The lowest BCUT2D eigenvalue weighted by atomic mass is 10.0. The number of aromatic nitrogens is 2. The Hall–Kier alpha value is -2.97. The Morgan fingerprint density at radius 3 is 2.48 bits per heavy atom. The zero-order valence-corrected chi connectivity index (χ0v) is 19.4. The van der Waals surface area contributed by atoms with Gasteiger partial charge in [-0.25, -0.2) is 8.42 Å². The molecule has 0 aliphatic rings. The molecular weight excluding hydrogens is 430 g/mol. The van der Waals surface area contributed by atoms with Crippen molar-refractivity contribution in [2.45, 2.75) is 31.6 Å². The van der Waals surface area contributed by atoms with E-state index < -0.39 is 10.0 Å². The lowest BCUT2D eigenvalue weighted by molar-refractivity contribution is 0.432. The minimum absolute atomic E-state index is 0.146. The number of aryl methyl sites for hydroxylation is 1. The van der Waals surface area contributed by atoms with E-state index in [1.54, 1.807) is 18.5 Å². The van der Waals surface area contributed by atoms with Gasteiger partial charge in [0.15, 0.2) is 0 Å². The quantitative estimate of drug-likeness (QED) is 0.373. The topological polar surface area (TPSA) is 76.3 Å². The predicted molar refractivity (Wildman–Crippen MR) is 124 cm³/mol. The Balaban J connectivity index is 1.67. The Morgan fingerprint density at radius 2 is 1.81 bits per heavy atom. The summed E-state index contributed by atoms with van der Waals surface area (Å²) < 4.78 is 33.5. The van der Waals surface area contributed by atoms with Crippen LogP contribution in [0.5, 0.6) is 0 Å². The smallest absolute Gasteiger partial charge is 0.269 e. The maximum absolute atomic E-state index is 13.4. The molecule has 0 fully saturated rings. The summed E-state index contributed by atoms with van der Waals surface area (Å²) in [6.45, 7) is 6.18. The van der Waals surface area contributed by atoms with Crippen molar-refractivity contribution in [3.05, 3.63) is 71.1 Å². The van der Waals surface area contributed by atoms with Crippen molar-refractivity contribution in [3.63, 3.8) is 0 Å². The molecule has 0 unspecified atom stereocenters. The standard InChI is InChI=1S/C23H23N3O3S2/c1-15(2)17-8-10-19(11-9-17)26(4)31(27,28)20-12-13-30-21(20)23-24-22(25-29-23)18-7-5-6-16(3)14-18/h5-15H,1-4H3. The fourth-order valence-electron chi connectivity index (χ4n) is 3.23. The molecule has 6 nitrogen and oxygen atoms in total. The van der Waals surface area contributed by atoms with E-state index in [4.69, 9.17) is 4.52 Å². The van der Waals surface area contributed by atoms with Gasteiger partial charge in [0.05, 0.1) is 5.69 Å². The third kappa shape index (κ3) is 4.13. The number of sulfonamides is 1. The molecule has 0 aliphatic heterocycles. The molecule has 0 saturated heterocycles. The van der Waals surface area contributed by atoms with Crippen molar-refractivity contribution in [3.8, 4) is 22.2 Å². The van der Waals surface area contributed by atoms with Gasteiger partial charge in [-0.05, 0) is 48.1 Å². The van der Waals surface area contributed by atoms with Gasteiger partial charge in [-0.1, -0.05) is 54.9 Å². The Labute approximate surface area is 186 Å². The molecule has 0 spiro atoms. The third-order valence-electron chi connectivity index (χ3n) is 5.09. The minimum atomic E-state index is -3.81. The van der Waals surface area contributed by atoms with Crippen LogP contribution < -0.4 is 4.31 Å². The van der Waals surface area contributed by atoms with E-state index in [0.29, 0.717) is 22.3 Å². The summed E-state index contributed by atoms with van der Waals surface area (Å²) in [5.41, 5.74) is 3.64. The largest absolute Gasteiger partial charge is 0.333 e. The molecule has 0 saturated carbocycles. The third-order valence-corrected chi connectivity index (χ3v) is 7.95. The number of benzene rings is 2. The van der Waals surface area contributed by atoms with Crippen LogP contribution in [-0.4, -0.2) is 25.6 Å². The molecule has 4 aromatic rings. The van der Waals surface area contributed by atoms with E-state index in [2.05, 4.69) is 24.0 Å². The van der Waals surface area contributed by atoms with E-state index in [9.17, 15) is 8.42 Å². The van der Waals surface area contributed by atoms with E-state index in [1.807, 2.05) is 55.5 Å². The first kappa shape index (κ1) is 21.3. The van der Waals surface area contributed by atoms with E-state index in [-0.39, 0.29) is 10.8 Å².